The Kier molecular flexibility index (Phi) is 7.03. The number of halogens is 4. The minimum atomic E-state index is -4.59. The van der Waals surface area contributed by atoms with Gasteiger partial charge in [-0.05, 0) is 36.4 Å². The van der Waals surface area contributed by atoms with Crippen LogP contribution < -0.4 is 10.2 Å². The Hall–Kier alpha value is -2.34. The Bertz CT molecular complexity index is 1120. The third-order valence-electron chi connectivity index (χ3n) is 4.84. The molecule has 1 heterocycles. The van der Waals surface area contributed by atoms with Gasteiger partial charge in [0.05, 0.1) is 35.2 Å². The van der Waals surface area contributed by atoms with Crippen molar-refractivity contribution in [1.82, 2.24) is 4.31 Å². The van der Waals surface area contributed by atoms with Crippen molar-refractivity contribution in [2.75, 3.05) is 50.6 Å². The molecule has 0 radical (unpaired) electrons. The molecule has 0 unspecified atom stereocenters. The molecule has 3 rings (SSSR count). The molecular weight excluding hydrogens is 471 g/mol. The zero-order valence-corrected chi connectivity index (χ0v) is 18.8. The molecule has 2 aromatic rings. The van der Waals surface area contributed by atoms with Gasteiger partial charge in [0.25, 0.3) is 5.91 Å². The topological polar surface area (TPSA) is 79.0 Å². The number of hydrogen-bond acceptors (Lipinski definition) is 5. The molecule has 1 saturated heterocycles. The lowest BCUT2D eigenvalue weighted by molar-refractivity contribution is -0.137. The predicted octanol–water partition coefficient (Wildman–Crippen LogP) is 3.70. The maximum absolute atomic E-state index is 13.1. The Balaban J connectivity index is 1.95. The molecule has 0 atom stereocenters. The van der Waals surface area contributed by atoms with Gasteiger partial charge in [0.1, 0.15) is 4.90 Å². The van der Waals surface area contributed by atoms with Gasteiger partial charge in [0, 0.05) is 32.7 Å². The molecule has 1 N–H and O–H groups in total. The van der Waals surface area contributed by atoms with Gasteiger partial charge >= 0.3 is 6.18 Å². The van der Waals surface area contributed by atoms with Gasteiger partial charge in [-0.2, -0.15) is 17.5 Å². The van der Waals surface area contributed by atoms with Crippen LogP contribution in [0, 0.1) is 0 Å². The second kappa shape index (κ2) is 9.26. The summed E-state index contributed by atoms with van der Waals surface area (Å²) in [6.45, 7) is 0.761. The number of morpholine rings is 1. The van der Waals surface area contributed by atoms with Crippen LogP contribution in [0.1, 0.15) is 15.9 Å². The maximum Gasteiger partial charge on any atom is 0.416 e. The van der Waals surface area contributed by atoms with Crippen molar-refractivity contribution in [3.63, 3.8) is 0 Å². The van der Waals surface area contributed by atoms with Crippen LogP contribution in [0.2, 0.25) is 5.02 Å². The third kappa shape index (κ3) is 5.17. The molecule has 1 amide bonds. The van der Waals surface area contributed by atoms with Crippen LogP contribution in [-0.2, 0) is 20.9 Å². The van der Waals surface area contributed by atoms with Gasteiger partial charge in [-0.3, -0.25) is 4.79 Å². The normalized spacial score (nSPS) is 15.4. The third-order valence-corrected chi connectivity index (χ3v) is 7.22. The average molecular weight is 492 g/mol. The summed E-state index contributed by atoms with van der Waals surface area (Å²) >= 11 is 6.10. The number of anilines is 2. The number of amides is 1. The van der Waals surface area contributed by atoms with E-state index in [-0.39, 0.29) is 47.5 Å². The van der Waals surface area contributed by atoms with Crippen LogP contribution in [0.4, 0.5) is 24.5 Å². The zero-order valence-electron chi connectivity index (χ0n) is 17.2. The second-order valence-corrected chi connectivity index (χ2v) is 9.55. The van der Waals surface area contributed by atoms with Crippen molar-refractivity contribution in [3.05, 3.63) is 52.5 Å². The van der Waals surface area contributed by atoms with E-state index in [9.17, 15) is 26.4 Å². The van der Waals surface area contributed by atoms with E-state index in [4.69, 9.17) is 16.3 Å². The summed E-state index contributed by atoms with van der Waals surface area (Å²) in [5.74, 6) is -0.775. The lowest BCUT2D eigenvalue weighted by atomic mass is 10.1. The SMILES string of the molecule is CN(C)c1ccc(C(F)(F)F)cc1NC(=O)c1ccc(Cl)c(S(=O)(=O)N2CCOCC2)c1. The lowest BCUT2D eigenvalue weighted by Crippen LogP contribution is -2.40. The van der Waals surface area contributed by atoms with Crippen molar-refractivity contribution in [2.24, 2.45) is 0 Å². The van der Waals surface area contributed by atoms with Crippen molar-refractivity contribution < 1.29 is 31.1 Å². The first-order chi connectivity index (χ1) is 14.9. The van der Waals surface area contributed by atoms with E-state index >= 15 is 0 Å². The summed E-state index contributed by atoms with van der Waals surface area (Å²) in [4.78, 5) is 14.1. The molecule has 2 aromatic carbocycles. The first-order valence-corrected chi connectivity index (χ1v) is 11.3. The highest BCUT2D eigenvalue weighted by atomic mass is 35.5. The standard InChI is InChI=1S/C20H21ClF3N3O4S/c1-26(2)17-6-4-14(20(22,23)24)12-16(17)25-19(28)13-3-5-15(21)18(11-13)32(29,30)27-7-9-31-10-8-27/h3-6,11-12H,7-10H2,1-2H3,(H,25,28). The number of nitrogens with zero attached hydrogens (tertiary/aromatic N) is 2. The highest BCUT2D eigenvalue weighted by molar-refractivity contribution is 7.89. The molecule has 7 nitrogen and oxygen atoms in total. The van der Waals surface area contributed by atoms with E-state index < -0.39 is 27.7 Å². The highest BCUT2D eigenvalue weighted by Crippen LogP contribution is 2.35. The number of nitrogens with one attached hydrogen (secondary N) is 1. The van der Waals surface area contributed by atoms with E-state index in [1.807, 2.05) is 0 Å². The molecule has 174 valence electrons. The molecule has 1 aliphatic heterocycles. The average Bonchev–Trinajstić information content (AvgIpc) is 2.73. The number of benzene rings is 2. The molecular formula is C20H21ClF3N3O4S. The molecule has 0 bridgehead atoms. The maximum atomic E-state index is 13.1. The van der Waals surface area contributed by atoms with Gasteiger partial charge in [-0.15, -0.1) is 0 Å². The predicted molar refractivity (Wildman–Crippen MR) is 115 cm³/mol. The van der Waals surface area contributed by atoms with Crippen molar-refractivity contribution in [3.8, 4) is 0 Å². The number of ether oxygens (including phenoxy) is 1. The summed E-state index contributed by atoms with van der Waals surface area (Å²) in [6, 6.07) is 6.68. The number of rotatable bonds is 5. The molecule has 0 aliphatic carbocycles. The van der Waals surface area contributed by atoms with E-state index in [1.54, 1.807) is 19.0 Å². The van der Waals surface area contributed by atoms with Gasteiger partial charge in [0.2, 0.25) is 10.0 Å². The highest BCUT2D eigenvalue weighted by Gasteiger charge is 2.32. The fourth-order valence-corrected chi connectivity index (χ4v) is 5.07. The van der Waals surface area contributed by atoms with E-state index in [0.29, 0.717) is 5.69 Å². The smallest absolute Gasteiger partial charge is 0.379 e. The molecule has 1 fully saturated rings. The van der Waals surface area contributed by atoms with Gasteiger partial charge in [-0.25, -0.2) is 8.42 Å². The summed E-state index contributed by atoms with van der Waals surface area (Å²) in [6.07, 6.45) is -4.59. The van der Waals surface area contributed by atoms with Crippen molar-refractivity contribution in [2.45, 2.75) is 11.1 Å². The largest absolute Gasteiger partial charge is 0.416 e. The van der Waals surface area contributed by atoms with Gasteiger partial charge < -0.3 is 15.0 Å². The number of alkyl halides is 3. The Labute approximate surface area is 188 Å². The Morgan fingerprint density at radius 1 is 1.12 bits per heavy atom. The first kappa shape index (κ1) is 24.3. The fourth-order valence-electron chi connectivity index (χ4n) is 3.17. The number of carbonyl (C=O) groups excluding carboxylic acids is 1. The summed E-state index contributed by atoms with van der Waals surface area (Å²) in [5.41, 5.74) is -0.711. The molecule has 1 aliphatic rings. The van der Waals surface area contributed by atoms with E-state index in [2.05, 4.69) is 5.32 Å². The van der Waals surface area contributed by atoms with Crippen LogP contribution >= 0.6 is 11.6 Å². The van der Waals surface area contributed by atoms with Crippen molar-refractivity contribution in [1.29, 1.82) is 0 Å². The molecule has 0 aromatic heterocycles. The minimum absolute atomic E-state index is 0.0663. The number of hydrogen-bond donors (Lipinski definition) is 1. The first-order valence-electron chi connectivity index (χ1n) is 9.48. The summed E-state index contributed by atoms with van der Waals surface area (Å²) < 4.78 is 71.7. The monoisotopic (exact) mass is 491 g/mol. The Morgan fingerprint density at radius 3 is 2.38 bits per heavy atom. The Morgan fingerprint density at radius 2 is 1.78 bits per heavy atom. The van der Waals surface area contributed by atoms with Crippen LogP contribution in [-0.4, -0.2) is 59.0 Å². The second-order valence-electron chi connectivity index (χ2n) is 7.24. The summed E-state index contributed by atoms with van der Waals surface area (Å²) in [7, 11) is -0.748. The lowest BCUT2D eigenvalue weighted by Gasteiger charge is -2.26. The molecule has 12 heteroatoms. The number of carbonyl (C=O) groups is 1. The minimum Gasteiger partial charge on any atom is -0.379 e. The van der Waals surface area contributed by atoms with Crippen LogP contribution in [0.25, 0.3) is 0 Å². The van der Waals surface area contributed by atoms with Crippen molar-refractivity contribution >= 4 is 38.9 Å². The van der Waals surface area contributed by atoms with E-state index in [1.165, 1.54) is 22.5 Å². The molecule has 0 saturated carbocycles. The quantitative estimate of drug-likeness (QED) is 0.690. The summed E-state index contributed by atoms with van der Waals surface area (Å²) in [5, 5.41) is 2.38. The van der Waals surface area contributed by atoms with Crippen LogP contribution in [0.3, 0.4) is 0 Å². The van der Waals surface area contributed by atoms with E-state index in [0.717, 1.165) is 18.2 Å². The van der Waals surface area contributed by atoms with Crippen LogP contribution in [0.15, 0.2) is 41.3 Å². The van der Waals surface area contributed by atoms with Crippen LogP contribution in [0.5, 0.6) is 0 Å². The fraction of sp³-hybridized carbons (Fsp3) is 0.350. The van der Waals surface area contributed by atoms with Gasteiger partial charge in [0.15, 0.2) is 0 Å². The number of sulfonamides is 1. The molecule has 32 heavy (non-hydrogen) atoms. The molecule has 0 spiro atoms. The van der Waals surface area contributed by atoms with Gasteiger partial charge in [-0.1, -0.05) is 11.6 Å². The zero-order chi connectivity index (χ0) is 23.7.